The molecule has 23 nitrogen and oxygen atoms in total. The third kappa shape index (κ3) is 22.7. The number of methoxy groups -OCH3 is 2. The van der Waals surface area contributed by atoms with Crippen LogP contribution in [0.4, 0.5) is 21.0 Å². The molecule has 1 N–H and O–H groups in total. The maximum atomic E-state index is 13.5. The number of pyridine rings is 2. The van der Waals surface area contributed by atoms with Gasteiger partial charge in [0, 0.05) is 116 Å². The van der Waals surface area contributed by atoms with Crippen molar-refractivity contribution in [1.29, 1.82) is 0 Å². The molecule has 2 aromatic carbocycles. The number of piperidine rings is 2. The molecule has 2 fully saturated rings. The lowest BCUT2D eigenvalue weighted by atomic mass is 9.96. The summed E-state index contributed by atoms with van der Waals surface area (Å²) < 4.78 is 81.5. The van der Waals surface area contributed by atoms with E-state index in [0.717, 1.165) is 53.3 Å². The van der Waals surface area contributed by atoms with Gasteiger partial charge in [-0.05, 0) is 191 Å². The van der Waals surface area contributed by atoms with Crippen molar-refractivity contribution >= 4 is 56.0 Å². The van der Waals surface area contributed by atoms with Crippen molar-refractivity contribution < 1.29 is 59.7 Å². The predicted octanol–water partition coefficient (Wildman–Crippen LogP) is 7.76. The van der Waals surface area contributed by atoms with Gasteiger partial charge in [-0.1, -0.05) is 0 Å². The molecule has 6 rings (SSSR count). The van der Waals surface area contributed by atoms with Crippen LogP contribution in [0.15, 0.2) is 83.1 Å². The Labute approximate surface area is 517 Å². The van der Waals surface area contributed by atoms with Crippen molar-refractivity contribution in [2.75, 3.05) is 131 Å². The molecule has 25 heteroatoms. The minimum Gasteiger partial charge on any atom is -0.497 e. The van der Waals surface area contributed by atoms with E-state index in [1.807, 2.05) is 31.6 Å². The summed E-state index contributed by atoms with van der Waals surface area (Å²) in [5.41, 5.74) is 3.19. The highest BCUT2D eigenvalue weighted by Crippen LogP contribution is 2.30. The summed E-state index contributed by atoms with van der Waals surface area (Å²) in [5.74, 6) is 2.12. The van der Waals surface area contributed by atoms with Crippen LogP contribution in [-0.4, -0.2) is 207 Å². The fourth-order valence-electron chi connectivity index (χ4n) is 10.1. The molecular weight excluding hydrogens is 1160 g/mol. The zero-order chi connectivity index (χ0) is 64.9. The van der Waals surface area contributed by atoms with Crippen LogP contribution >= 0.6 is 0 Å². The molecule has 0 saturated carbocycles. The maximum absolute atomic E-state index is 13.5. The van der Waals surface area contributed by atoms with Gasteiger partial charge in [-0.2, -0.15) is 8.61 Å². The number of nitrogens with one attached hydrogen (secondary N) is 1. The first-order chi connectivity index (χ1) is 40.8. The number of amides is 3. The van der Waals surface area contributed by atoms with Crippen molar-refractivity contribution in [3.8, 4) is 11.5 Å². The highest BCUT2D eigenvalue weighted by molar-refractivity contribution is 7.89. The molecule has 2 aliphatic rings. The summed E-state index contributed by atoms with van der Waals surface area (Å²) in [5, 5.41) is 3.26. The predicted molar refractivity (Wildman–Crippen MR) is 337 cm³/mol. The molecule has 484 valence electrons. The maximum Gasteiger partial charge on any atom is 0.413 e. The first-order valence-electron chi connectivity index (χ1n) is 29.3. The van der Waals surface area contributed by atoms with Gasteiger partial charge in [-0.25, -0.2) is 26.4 Å². The summed E-state index contributed by atoms with van der Waals surface area (Å²) in [6, 6.07) is 14.9. The Morgan fingerprint density at radius 3 is 1.33 bits per heavy atom. The van der Waals surface area contributed by atoms with Gasteiger partial charge in [-0.3, -0.25) is 29.4 Å². The average Bonchev–Trinajstić information content (AvgIpc) is 1.32. The lowest BCUT2D eigenvalue weighted by molar-refractivity contribution is -0.133. The summed E-state index contributed by atoms with van der Waals surface area (Å²) in [4.78, 5) is 66.6. The number of aromatic nitrogens is 2. The molecule has 0 radical (unpaired) electrons. The SMILES string of the molecule is CNCC1CCN(c2ccncc2)CC1.COc1cc(C)c(S(=O)(=O)N(C)CCN(CC(=O)N(C)CC2CCN(c3ccncc3)CC2)C(=O)OC(C)(C)C)c(C)c1.COc1cc(C)c(S(=O)(=O)N(C)CCN(COC=O)C(=O)OC(C)(C)C)c(C)c1. The van der Waals surface area contributed by atoms with E-state index in [4.69, 9.17) is 18.9 Å². The highest BCUT2D eigenvalue weighted by atomic mass is 32.2. The number of nitrogens with zero attached hydrogens (tertiary/aromatic N) is 9. The summed E-state index contributed by atoms with van der Waals surface area (Å²) in [6.45, 7) is 22.7. The molecule has 4 heterocycles. The minimum atomic E-state index is -3.87. The Morgan fingerprint density at radius 1 is 0.609 bits per heavy atom. The number of benzene rings is 2. The number of likely N-dealkylation sites (N-methyl/N-ethyl adjacent to an activating group) is 3. The van der Waals surface area contributed by atoms with E-state index in [1.54, 1.807) is 118 Å². The lowest BCUT2D eigenvalue weighted by Gasteiger charge is -2.35. The van der Waals surface area contributed by atoms with E-state index in [-0.39, 0.29) is 61.6 Å². The Balaban J connectivity index is 0.000000314. The van der Waals surface area contributed by atoms with E-state index in [2.05, 4.69) is 42.0 Å². The van der Waals surface area contributed by atoms with Crippen molar-refractivity contribution in [3.63, 3.8) is 0 Å². The number of aryl methyl sites for hydroxylation is 4. The second kappa shape index (κ2) is 33.5. The summed E-state index contributed by atoms with van der Waals surface area (Å²) in [6.07, 6.45) is 10.4. The first kappa shape index (κ1) is 72.7. The number of carbonyl (C=O) groups excluding carboxylic acids is 4. The number of sulfonamides is 2. The highest BCUT2D eigenvalue weighted by Gasteiger charge is 2.32. The van der Waals surface area contributed by atoms with Gasteiger partial charge in [0.1, 0.15) is 29.2 Å². The standard InChI is InChI=1S/C31H47N5O6S.C19H30N2O7S.C12H19N3/c1-23-19-27(41-8)20-24(2)29(23)43(39,40)34(7)17-18-36(30(38)42-31(3,4)5)22-28(37)33(6)21-25-11-15-35(16-12-25)26-9-13-32-14-10-26;1-14-10-16(26-7)11-15(2)17(14)29(24,25)20(6)8-9-21(12-27-13-22)18(23)28-19(3,4)5;1-13-10-11-4-8-15(9-5-11)12-2-6-14-7-3-12/h9-10,13-14,19-20,25H,11-12,15-18,21-22H2,1-8H3;10-11,13H,8-9,12H2,1-7H3;2-3,6-7,11,13H,4-5,8-10H2,1H3. The molecule has 4 aromatic rings. The molecule has 87 heavy (non-hydrogen) atoms. The van der Waals surface area contributed by atoms with Crippen molar-refractivity contribution in [1.82, 2.24) is 38.6 Å². The second-order valence-electron chi connectivity index (χ2n) is 24.0. The summed E-state index contributed by atoms with van der Waals surface area (Å²) >= 11 is 0. The van der Waals surface area contributed by atoms with Crippen LogP contribution in [0.25, 0.3) is 0 Å². The van der Waals surface area contributed by atoms with E-state index in [9.17, 15) is 36.0 Å². The first-order valence-corrected chi connectivity index (χ1v) is 32.2. The van der Waals surface area contributed by atoms with Crippen LogP contribution in [-0.2, 0) is 43.8 Å². The Kier molecular flexibility index (Phi) is 28.0. The van der Waals surface area contributed by atoms with Gasteiger partial charge in [0.05, 0.1) is 24.0 Å². The largest absolute Gasteiger partial charge is 0.497 e. The topological polar surface area (TPSA) is 243 Å². The van der Waals surface area contributed by atoms with Gasteiger partial charge in [-0.15, -0.1) is 0 Å². The molecule has 2 saturated heterocycles. The summed E-state index contributed by atoms with van der Waals surface area (Å²) in [7, 11) is 2.04. The molecule has 0 unspecified atom stereocenters. The molecule has 0 spiro atoms. The molecule has 3 amide bonds. The Bertz CT molecular complexity index is 3010. The van der Waals surface area contributed by atoms with Crippen molar-refractivity contribution in [3.05, 3.63) is 95.6 Å². The van der Waals surface area contributed by atoms with Crippen LogP contribution in [0.1, 0.15) is 89.5 Å². The smallest absolute Gasteiger partial charge is 0.413 e. The molecule has 2 aliphatic heterocycles. The second-order valence-corrected chi connectivity index (χ2v) is 27.9. The van der Waals surface area contributed by atoms with Gasteiger partial charge < -0.3 is 43.7 Å². The van der Waals surface area contributed by atoms with Crippen molar-refractivity contribution in [2.24, 2.45) is 11.8 Å². The Hall–Kier alpha value is -6.80. The number of rotatable bonds is 23. The lowest BCUT2D eigenvalue weighted by Crippen LogP contribution is -2.48. The number of hydrogen-bond acceptors (Lipinski definition) is 18. The third-order valence-corrected chi connectivity index (χ3v) is 19.0. The number of carbonyl (C=O) groups is 4. The van der Waals surface area contributed by atoms with Gasteiger partial charge >= 0.3 is 12.2 Å². The van der Waals surface area contributed by atoms with Crippen molar-refractivity contribution in [2.45, 2.75) is 116 Å². The van der Waals surface area contributed by atoms with Crippen LogP contribution in [0.3, 0.4) is 0 Å². The van der Waals surface area contributed by atoms with Crippen LogP contribution in [0.2, 0.25) is 0 Å². The van der Waals surface area contributed by atoms with E-state index >= 15 is 0 Å². The normalized spacial score (nSPS) is 14.2. The monoisotopic (exact) mass is 1250 g/mol. The van der Waals surface area contributed by atoms with E-state index in [0.29, 0.717) is 46.2 Å². The van der Waals surface area contributed by atoms with Gasteiger partial charge in [0.25, 0.3) is 6.47 Å². The average molecular weight is 1250 g/mol. The fourth-order valence-corrected chi connectivity index (χ4v) is 13.2. The number of ether oxygens (including phenoxy) is 5. The third-order valence-electron chi connectivity index (χ3n) is 14.7. The zero-order valence-corrected chi connectivity index (χ0v) is 55.8. The van der Waals surface area contributed by atoms with Gasteiger partial charge in [0.15, 0.2) is 6.73 Å². The van der Waals surface area contributed by atoms with E-state index in [1.165, 1.54) is 69.1 Å². The molecule has 0 atom stereocenters. The zero-order valence-electron chi connectivity index (χ0n) is 54.1. The van der Waals surface area contributed by atoms with Crippen LogP contribution < -0.4 is 24.6 Å². The Morgan fingerprint density at radius 2 is 0.977 bits per heavy atom. The van der Waals surface area contributed by atoms with Gasteiger partial charge in [0.2, 0.25) is 26.0 Å². The molecule has 2 aromatic heterocycles. The van der Waals surface area contributed by atoms with E-state index < -0.39 is 43.4 Å². The minimum absolute atomic E-state index is 0.0111. The quantitative estimate of drug-likeness (QED) is 0.0424. The van der Waals surface area contributed by atoms with Crippen LogP contribution in [0.5, 0.6) is 11.5 Å². The fraction of sp³-hybridized carbons (Fsp3) is 0.581. The van der Waals surface area contributed by atoms with Crippen LogP contribution in [0, 0.1) is 39.5 Å². The number of hydrogen-bond donors (Lipinski definition) is 1. The molecule has 0 aliphatic carbocycles. The molecular formula is C62H96N10O13S2. The number of anilines is 2. The molecule has 0 bridgehead atoms.